The Morgan fingerprint density at radius 2 is 1.35 bits per heavy atom. The topological polar surface area (TPSA) is 59.1 Å². The zero-order chi connectivity index (χ0) is 27.7. The Labute approximate surface area is 221 Å². The predicted octanol–water partition coefficient (Wildman–Crippen LogP) is 7.80. The molecule has 0 unspecified atom stereocenters. The first-order valence-electron chi connectivity index (χ1n) is 12.8. The fraction of sp³-hybridized carbons (Fsp3) is 0.419. The molecular formula is C31H40N2O4. The molecule has 0 aromatic heterocycles. The lowest BCUT2D eigenvalue weighted by atomic mass is 9.84. The molecule has 37 heavy (non-hydrogen) atoms. The van der Waals surface area contributed by atoms with E-state index in [0.717, 1.165) is 33.4 Å². The maximum Gasteiger partial charge on any atom is 0.434 e. The average Bonchev–Trinajstić information content (AvgIpc) is 3.03. The Kier molecular flexibility index (Phi) is 8.21. The van der Waals surface area contributed by atoms with Crippen LogP contribution < -0.4 is 0 Å². The number of hydrazine groups is 1. The molecule has 1 heterocycles. The minimum absolute atomic E-state index is 0.359. The highest BCUT2D eigenvalue weighted by atomic mass is 16.6. The summed E-state index contributed by atoms with van der Waals surface area (Å²) in [5.41, 5.74) is 6.60. The highest BCUT2D eigenvalue weighted by Gasteiger charge is 2.54. The predicted molar refractivity (Wildman–Crippen MR) is 148 cm³/mol. The van der Waals surface area contributed by atoms with E-state index in [0.29, 0.717) is 5.70 Å². The Hall–Kier alpha value is -3.54. The molecule has 0 spiro atoms. The lowest BCUT2D eigenvalue weighted by molar-refractivity contribution is -0.0311. The number of ether oxygens (including phenoxy) is 2. The lowest BCUT2D eigenvalue weighted by Crippen LogP contribution is -2.53. The van der Waals surface area contributed by atoms with Gasteiger partial charge in [0.2, 0.25) is 0 Å². The van der Waals surface area contributed by atoms with Gasteiger partial charge in [-0.3, -0.25) is 0 Å². The van der Waals surface area contributed by atoms with Crippen molar-refractivity contribution >= 4 is 17.8 Å². The summed E-state index contributed by atoms with van der Waals surface area (Å²) in [4.78, 5) is 27.4. The molecule has 0 radical (unpaired) electrons. The third-order valence-electron chi connectivity index (χ3n) is 6.40. The van der Waals surface area contributed by atoms with Crippen molar-refractivity contribution in [1.82, 2.24) is 10.0 Å². The van der Waals surface area contributed by atoms with Gasteiger partial charge in [0.15, 0.2) is 0 Å². The summed E-state index contributed by atoms with van der Waals surface area (Å²) in [6.45, 7) is 19.2. The molecule has 1 aliphatic rings. The molecule has 0 atom stereocenters. The zero-order valence-corrected chi connectivity index (χ0v) is 23.8. The third kappa shape index (κ3) is 5.58. The van der Waals surface area contributed by atoms with Crippen molar-refractivity contribution in [1.29, 1.82) is 0 Å². The van der Waals surface area contributed by atoms with Crippen molar-refractivity contribution in [3.8, 4) is 0 Å². The quantitative estimate of drug-likeness (QED) is 0.426. The number of rotatable bonds is 4. The maximum absolute atomic E-state index is 13.8. The molecule has 1 aliphatic heterocycles. The summed E-state index contributed by atoms with van der Waals surface area (Å²) in [7, 11) is 0. The van der Waals surface area contributed by atoms with Crippen LogP contribution in [0.15, 0.2) is 65.4 Å². The number of aryl methyl sites for hydroxylation is 2. The van der Waals surface area contributed by atoms with E-state index in [1.54, 1.807) is 27.7 Å². The van der Waals surface area contributed by atoms with E-state index >= 15 is 0 Å². The summed E-state index contributed by atoms with van der Waals surface area (Å²) in [5, 5.41) is 2.78. The van der Waals surface area contributed by atoms with Crippen molar-refractivity contribution in [3.05, 3.63) is 87.6 Å². The first-order valence-corrected chi connectivity index (χ1v) is 12.8. The Bertz CT molecular complexity index is 1240. The van der Waals surface area contributed by atoms with E-state index in [2.05, 4.69) is 32.0 Å². The smallest absolute Gasteiger partial charge is 0.434 e. The van der Waals surface area contributed by atoms with E-state index in [1.807, 2.05) is 58.0 Å². The summed E-state index contributed by atoms with van der Waals surface area (Å²) in [5.74, 6) is 0. The van der Waals surface area contributed by atoms with Crippen molar-refractivity contribution in [2.75, 3.05) is 0 Å². The van der Waals surface area contributed by atoms with Crippen LogP contribution in [0.5, 0.6) is 0 Å². The van der Waals surface area contributed by atoms with Gasteiger partial charge in [-0.2, -0.15) is 10.0 Å². The molecule has 6 nitrogen and oxygen atoms in total. The van der Waals surface area contributed by atoms with Crippen molar-refractivity contribution in [2.45, 2.75) is 87.0 Å². The molecule has 2 aromatic rings. The molecule has 1 fully saturated rings. The number of amides is 2. The van der Waals surface area contributed by atoms with Crippen LogP contribution in [0.25, 0.3) is 5.57 Å². The van der Waals surface area contributed by atoms with Crippen LogP contribution in [0.3, 0.4) is 0 Å². The second-order valence-corrected chi connectivity index (χ2v) is 10.8. The van der Waals surface area contributed by atoms with E-state index in [9.17, 15) is 9.59 Å². The van der Waals surface area contributed by atoms with Crippen molar-refractivity contribution in [2.24, 2.45) is 0 Å². The van der Waals surface area contributed by atoms with Gasteiger partial charge in [0.05, 0.1) is 23.4 Å². The Morgan fingerprint density at radius 1 is 0.784 bits per heavy atom. The first-order chi connectivity index (χ1) is 17.3. The highest BCUT2D eigenvalue weighted by Crippen LogP contribution is 2.48. The SMILES string of the molecule is CC(C)=C1/C(=C(\c2ccccc2)c2ccc(C)c(C)c2)N(C(=O)OC(C)C)N(C(=O)OC(C)C)C1(C)C. The van der Waals surface area contributed by atoms with Gasteiger partial charge in [-0.15, -0.1) is 0 Å². The standard InChI is InChI=1S/C31H40N2O4/c1-19(2)27-28(26(24-14-12-11-13-15-24)25-17-16-22(7)23(8)18-25)32(29(34)36-20(3)4)33(31(27,9)10)30(35)37-21(5)6/h11-18,20-21H,1-10H3/b28-26-. The monoisotopic (exact) mass is 504 g/mol. The molecule has 0 saturated carbocycles. The second-order valence-electron chi connectivity index (χ2n) is 10.8. The van der Waals surface area contributed by atoms with Gasteiger partial charge in [-0.25, -0.2) is 9.59 Å². The van der Waals surface area contributed by atoms with Crippen LogP contribution in [0.1, 0.15) is 77.6 Å². The number of hydrogen-bond donors (Lipinski definition) is 0. The number of nitrogens with zero attached hydrogens (tertiary/aromatic N) is 2. The van der Waals surface area contributed by atoms with Gasteiger partial charge in [-0.1, -0.05) is 54.1 Å². The third-order valence-corrected chi connectivity index (χ3v) is 6.40. The van der Waals surface area contributed by atoms with Gasteiger partial charge >= 0.3 is 12.2 Å². The van der Waals surface area contributed by atoms with Crippen LogP contribution in [-0.2, 0) is 9.47 Å². The Balaban J connectivity index is 2.51. The summed E-state index contributed by atoms with van der Waals surface area (Å²) < 4.78 is 11.4. The number of carbonyl (C=O) groups is 2. The van der Waals surface area contributed by atoms with Gasteiger partial charge in [-0.05, 0) is 91.5 Å². The zero-order valence-electron chi connectivity index (χ0n) is 23.8. The maximum atomic E-state index is 13.8. The molecule has 0 N–H and O–H groups in total. The van der Waals surface area contributed by atoms with Crippen LogP contribution in [0.4, 0.5) is 9.59 Å². The largest absolute Gasteiger partial charge is 0.445 e. The van der Waals surface area contributed by atoms with Gasteiger partial charge in [0.1, 0.15) is 0 Å². The number of carbonyl (C=O) groups excluding carboxylic acids is 2. The Morgan fingerprint density at radius 3 is 1.86 bits per heavy atom. The molecular weight excluding hydrogens is 464 g/mol. The minimum atomic E-state index is -0.893. The van der Waals surface area contributed by atoms with E-state index in [-0.39, 0.29) is 12.2 Å². The molecule has 3 rings (SSSR count). The first kappa shape index (κ1) is 28.0. The van der Waals surface area contributed by atoms with Crippen LogP contribution in [0, 0.1) is 13.8 Å². The normalized spacial score (nSPS) is 16.4. The molecule has 0 aliphatic carbocycles. The summed E-state index contributed by atoms with van der Waals surface area (Å²) in [6.07, 6.45) is -1.98. The van der Waals surface area contributed by atoms with E-state index in [1.165, 1.54) is 15.6 Å². The molecule has 198 valence electrons. The van der Waals surface area contributed by atoms with Crippen molar-refractivity contribution < 1.29 is 19.1 Å². The van der Waals surface area contributed by atoms with E-state index in [4.69, 9.17) is 9.47 Å². The number of benzene rings is 2. The van der Waals surface area contributed by atoms with Crippen LogP contribution >= 0.6 is 0 Å². The van der Waals surface area contributed by atoms with Crippen LogP contribution in [-0.4, -0.2) is 40.0 Å². The highest BCUT2D eigenvalue weighted by molar-refractivity contribution is 5.91. The molecule has 1 saturated heterocycles. The fourth-order valence-electron chi connectivity index (χ4n) is 4.86. The second kappa shape index (κ2) is 10.8. The molecule has 0 bridgehead atoms. The minimum Gasteiger partial charge on any atom is -0.445 e. The molecule has 2 amide bonds. The molecule has 6 heteroatoms. The molecule has 2 aromatic carbocycles. The summed E-state index contributed by atoms with van der Waals surface area (Å²) in [6, 6.07) is 16.2. The van der Waals surface area contributed by atoms with E-state index < -0.39 is 17.7 Å². The van der Waals surface area contributed by atoms with Gasteiger partial charge < -0.3 is 9.47 Å². The summed E-state index contributed by atoms with van der Waals surface area (Å²) >= 11 is 0. The lowest BCUT2D eigenvalue weighted by Gasteiger charge is -2.35. The number of allylic oxidation sites excluding steroid dienone is 1. The van der Waals surface area contributed by atoms with Crippen molar-refractivity contribution in [3.63, 3.8) is 0 Å². The number of hydrogen-bond acceptors (Lipinski definition) is 4. The average molecular weight is 505 g/mol. The van der Waals surface area contributed by atoms with Gasteiger partial charge in [0, 0.05) is 11.1 Å². The van der Waals surface area contributed by atoms with Crippen LogP contribution in [0.2, 0.25) is 0 Å². The fourth-order valence-corrected chi connectivity index (χ4v) is 4.86. The van der Waals surface area contributed by atoms with Gasteiger partial charge in [0.25, 0.3) is 0 Å².